The van der Waals surface area contributed by atoms with Gasteiger partial charge in [0, 0.05) is 30.7 Å². The van der Waals surface area contributed by atoms with Gasteiger partial charge in [0.15, 0.2) is 0 Å². The second kappa shape index (κ2) is 1.92. The van der Waals surface area contributed by atoms with Crippen molar-refractivity contribution in [2.45, 2.75) is 4.79 Å². The fourth-order valence-electron chi connectivity index (χ4n) is 0. The minimum absolute atomic E-state index is 0.250. The molecule has 0 aromatic rings. The van der Waals surface area contributed by atoms with Crippen molar-refractivity contribution in [1.82, 2.24) is 0 Å². The topological polar surface area (TPSA) is 0 Å². The molecule has 0 N–H and O–H groups in total. The average Bonchev–Trinajstić information content (AvgIpc) is 0.811. The standard InChI is InChI=1S/CHSi3/c2-1(3)4/h1H. The van der Waals surface area contributed by atoms with E-state index in [1.54, 1.807) is 0 Å². The maximum Gasteiger partial charge on any atom is 0.0179 e. The van der Waals surface area contributed by atoms with Crippen molar-refractivity contribution in [3.05, 3.63) is 0 Å². The summed E-state index contributed by atoms with van der Waals surface area (Å²) in [5, 5.41) is 0. The van der Waals surface area contributed by atoms with Crippen LogP contribution in [0.1, 0.15) is 0 Å². The van der Waals surface area contributed by atoms with Crippen LogP contribution in [0.5, 0.6) is 0 Å². The molecular formula is CHSi3. The van der Waals surface area contributed by atoms with Gasteiger partial charge in [-0.05, 0) is 0 Å². The van der Waals surface area contributed by atoms with Crippen LogP contribution in [-0.2, 0) is 0 Å². The molecule has 4 heavy (non-hydrogen) atoms. The molecule has 0 nitrogen and oxygen atoms in total. The molecule has 0 aliphatic heterocycles. The molecule has 0 heterocycles. The van der Waals surface area contributed by atoms with Crippen molar-refractivity contribution in [3.8, 4) is 0 Å². The lowest BCUT2D eigenvalue weighted by atomic mass is 11.8. The van der Waals surface area contributed by atoms with Crippen LogP contribution in [0.15, 0.2) is 0 Å². The van der Waals surface area contributed by atoms with E-state index in [0.717, 1.165) is 0 Å². The predicted octanol–water partition coefficient (Wildman–Crippen LogP) is -0.805. The Kier molecular flexibility index (Phi) is 2.24. The summed E-state index contributed by atoms with van der Waals surface area (Å²) in [7, 11) is 9.42. The summed E-state index contributed by atoms with van der Waals surface area (Å²) >= 11 is 0. The quantitative estimate of drug-likeness (QED) is 0.347. The summed E-state index contributed by atoms with van der Waals surface area (Å²) in [5.74, 6) is 0. The van der Waals surface area contributed by atoms with Crippen molar-refractivity contribution < 1.29 is 0 Å². The fourth-order valence-corrected chi connectivity index (χ4v) is 0. The highest BCUT2D eigenvalue weighted by Gasteiger charge is 1.71. The van der Waals surface area contributed by atoms with E-state index in [1.165, 1.54) is 0 Å². The predicted molar refractivity (Wildman–Crippen MR) is 21.0 cm³/mol. The first-order chi connectivity index (χ1) is 1.73. The molecule has 0 spiro atoms. The van der Waals surface area contributed by atoms with E-state index in [9.17, 15) is 0 Å². The molecule has 0 saturated carbocycles. The van der Waals surface area contributed by atoms with Gasteiger partial charge >= 0.3 is 0 Å². The van der Waals surface area contributed by atoms with Crippen LogP contribution in [-0.4, -0.2) is 30.7 Å². The molecule has 17 valence electrons. The van der Waals surface area contributed by atoms with Crippen LogP contribution >= 0.6 is 0 Å². The third kappa shape index (κ3) is 17.1. The molecule has 0 unspecified atom stereocenters. The SMILES string of the molecule is [Si]C([Si])[Si]. The molecule has 0 aromatic carbocycles. The Bertz CT molecular complexity index is 8.00. The third-order valence-electron chi connectivity index (χ3n) is 0. The second-order valence-corrected chi connectivity index (χ2v) is 3.90. The maximum atomic E-state index is 3.14. The molecule has 0 saturated heterocycles. The van der Waals surface area contributed by atoms with Crippen molar-refractivity contribution in [2.24, 2.45) is 0 Å². The minimum Gasteiger partial charge on any atom is -0.0725 e. The van der Waals surface area contributed by atoms with Gasteiger partial charge in [0.2, 0.25) is 0 Å². The smallest absolute Gasteiger partial charge is 0.0179 e. The van der Waals surface area contributed by atoms with Gasteiger partial charge in [-0.1, -0.05) is 4.79 Å². The molecule has 0 aliphatic carbocycles. The summed E-state index contributed by atoms with van der Waals surface area (Å²) in [6.45, 7) is 0. The van der Waals surface area contributed by atoms with E-state index in [-0.39, 0.29) is 4.79 Å². The van der Waals surface area contributed by atoms with Gasteiger partial charge in [0.25, 0.3) is 0 Å². The van der Waals surface area contributed by atoms with E-state index in [1.807, 2.05) is 0 Å². The largest absolute Gasteiger partial charge is 0.0725 e. The highest BCUT2D eigenvalue weighted by molar-refractivity contribution is 6.54. The van der Waals surface area contributed by atoms with Gasteiger partial charge in [0.1, 0.15) is 0 Å². The Labute approximate surface area is 36.3 Å². The van der Waals surface area contributed by atoms with Crippen LogP contribution in [0.3, 0.4) is 0 Å². The molecule has 0 bridgehead atoms. The molecule has 0 aliphatic rings. The number of hydrogen-bond acceptors (Lipinski definition) is 0. The molecule has 9 radical (unpaired) electrons. The first-order valence-electron chi connectivity index (χ1n) is 0.866. The van der Waals surface area contributed by atoms with Gasteiger partial charge in [-0.25, -0.2) is 0 Å². The maximum absolute atomic E-state index is 3.14. The van der Waals surface area contributed by atoms with Gasteiger partial charge in [-0.2, -0.15) is 0 Å². The summed E-state index contributed by atoms with van der Waals surface area (Å²) in [6, 6.07) is 0. The van der Waals surface area contributed by atoms with E-state index in [0.29, 0.717) is 0 Å². The summed E-state index contributed by atoms with van der Waals surface area (Å²) in [4.78, 5) is 0.250. The number of rotatable bonds is 0. The molecule has 0 amide bonds. The Balaban J connectivity index is 2.32. The zero-order valence-corrected chi connectivity index (χ0v) is 5.08. The van der Waals surface area contributed by atoms with Crippen molar-refractivity contribution in [3.63, 3.8) is 0 Å². The van der Waals surface area contributed by atoms with Crippen LogP contribution < -0.4 is 0 Å². The second-order valence-electron chi connectivity index (χ2n) is 0.433. The zero-order chi connectivity index (χ0) is 3.58. The minimum atomic E-state index is 0.250. The summed E-state index contributed by atoms with van der Waals surface area (Å²) in [6.07, 6.45) is 0. The Morgan fingerprint density at radius 1 is 1.00 bits per heavy atom. The highest BCUT2D eigenvalue weighted by atomic mass is 28.3. The highest BCUT2D eigenvalue weighted by Crippen LogP contribution is 1.68. The van der Waals surface area contributed by atoms with Crippen LogP contribution in [0, 0.1) is 0 Å². The first-order valence-corrected chi connectivity index (χ1v) is 2.60. The van der Waals surface area contributed by atoms with Gasteiger partial charge in [-0.15, -0.1) is 0 Å². The average molecular weight is 97.3 g/mol. The van der Waals surface area contributed by atoms with Crippen LogP contribution in [0.4, 0.5) is 0 Å². The lowest BCUT2D eigenvalue weighted by Crippen LogP contribution is -1.84. The zero-order valence-electron chi connectivity index (χ0n) is 2.08. The normalized spacial score (nSPS) is 9.00. The van der Waals surface area contributed by atoms with Crippen molar-refractivity contribution >= 4 is 30.7 Å². The third-order valence-corrected chi connectivity index (χ3v) is 0. The molecular weight excluding hydrogens is 96.3 g/mol. The summed E-state index contributed by atoms with van der Waals surface area (Å²) in [5.41, 5.74) is 0. The Hall–Kier alpha value is 0.651. The van der Waals surface area contributed by atoms with Crippen LogP contribution in [0.2, 0.25) is 4.79 Å². The molecule has 0 rings (SSSR count). The fraction of sp³-hybridized carbons (Fsp3) is 1.00. The van der Waals surface area contributed by atoms with E-state index in [4.69, 9.17) is 0 Å². The van der Waals surface area contributed by atoms with E-state index in [2.05, 4.69) is 30.7 Å². The molecule has 3 heteroatoms. The lowest BCUT2D eigenvalue weighted by molar-refractivity contribution is 1.91. The number of hydrogen-bond donors (Lipinski definition) is 0. The van der Waals surface area contributed by atoms with Crippen LogP contribution in [0.25, 0.3) is 0 Å². The van der Waals surface area contributed by atoms with Gasteiger partial charge in [0.05, 0.1) is 0 Å². The summed E-state index contributed by atoms with van der Waals surface area (Å²) < 4.78 is 0. The van der Waals surface area contributed by atoms with Gasteiger partial charge in [-0.3, -0.25) is 0 Å². The lowest BCUT2D eigenvalue weighted by Gasteiger charge is -1.76. The molecule has 0 fully saturated rings. The Morgan fingerprint density at radius 2 is 1.00 bits per heavy atom. The van der Waals surface area contributed by atoms with Crippen molar-refractivity contribution in [2.75, 3.05) is 0 Å². The first kappa shape index (κ1) is 4.65. The van der Waals surface area contributed by atoms with E-state index >= 15 is 0 Å². The van der Waals surface area contributed by atoms with Crippen molar-refractivity contribution in [1.29, 1.82) is 0 Å². The van der Waals surface area contributed by atoms with E-state index < -0.39 is 0 Å². The molecule has 0 aromatic heterocycles. The Morgan fingerprint density at radius 3 is 1.00 bits per heavy atom. The monoisotopic (exact) mass is 96.9 g/mol. The molecule has 0 atom stereocenters. The van der Waals surface area contributed by atoms with Gasteiger partial charge < -0.3 is 0 Å².